The molecule has 0 atom stereocenters. The predicted molar refractivity (Wildman–Crippen MR) is 67.5 cm³/mol. The van der Waals surface area contributed by atoms with Gasteiger partial charge >= 0.3 is 5.97 Å². The van der Waals surface area contributed by atoms with E-state index >= 15 is 0 Å². The number of carbonyl (C=O) groups is 2. The summed E-state index contributed by atoms with van der Waals surface area (Å²) in [5, 5.41) is 7.76. The second-order valence-corrected chi connectivity index (χ2v) is 3.77. The summed E-state index contributed by atoms with van der Waals surface area (Å²) in [6, 6.07) is 9.20. The van der Waals surface area contributed by atoms with Crippen LogP contribution in [0.3, 0.4) is 0 Å². The highest BCUT2D eigenvalue weighted by Gasteiger charge is 2.16. The van der Waals surface area contributed by atoms with Gasteiger partial charge in [-0.3, -0.25) is 9.59 Å². The minimum Gasteiger partial charge on any atom is -0.465 e. The van der Waals surface area contributed by atoms with Crippen LogP contribution in [0.1, 0.15) is 17.4 Å². The van der Waals surface area contributed by atoms with Crippen LogP contribution in [-0.4, -0.2) is 33.9 Å². The fourth-order valence-electron chi connectivity index (χ4n) is 1.68. The van der Waals surface area contributed by atoms with E-state index in [1.807, 2.05) is 30.3 Å². The molecule has 1 aromatic carbocycles. The highest BCUT2D eigenvalue weighted by atomic mass is 16.5. The van der Waals surface area contributed by atoms with Gasteiger partial charge in [0.1, 0.15) is 17.9 Å². The van der Waals surface area contributed by atoms with Gasteiger partial charge in [0.25, 0.3) is 0 Å². The van der Waals surface area contributed by atoms with Gasteiger partial charge in [0.05, 0.1) is 6.61 Å². The van der Waals surface area contributed by atoms with Crippen molar-refractivity contribution in [1.29, 1.82) is 0 Å². The molecule has 0 radical (unpaired) electrons. The SMILES string of the molecule is CCOC(=O)Cn1nnc(-c2ccccc2)c1C=O. The van der Waals surface area contributed by atoms with Crippen molar-refractivity contribution in [2.24, 2.45) is 0 Å². The Labute approximate surface area is 110 Å². The quantitative estimate of drug-likeness (QED) is 0.598. The van der Waals surface area contributed by atoms with E-state index in [9.17, 15) is 9.59 Å². The van der Waals surface area contributed by atoms with E-state index in [1.165, 1.54) is 4.68 Å². The van der Waals surface area contributed by atoms with E-state index in [0.717, 1.165) is 5.56 Å². The Hall–Kier alpha value is -2.50. The summed E-state index contributed by atoms with van der Waals surface area (Å²) in [6.45, 7) is 1.88. The zero-order valence-electron chi connectivity index (χ0n) is 10.4. The van der Waals surface area contributed by atoms with Crippen LogP contribution in [0, 0.1) is 0 Å². The molecule has 0 saturated heterocycles. The molecule has 0 unspecified atom stereocenters. The molecule has 0 amide bonds. The normalized spacial score (nSPS) is 10.2. The number of rotatable bonds is 5. The zero-order valence-corrected chi connectivity index (χ0v) is 10.4. The molecule has 2 rings (SSSR count). The number of nitrogens with zero attached hydrogens (tertiary/aromatic N) is 3. The van der Waals surface area contributed by atoms with Gasteiger partial charge in [-0.15, -0.1) is 5.10 Å². The first-order valence-corrected chi connectivity index (χ1v) is 5.86. The maximum atomic E-state index is 11.4. The van der Waals surface area contributed by atoms with Gasteiger partial charge in [0.2, 0.25) is 0 Å². The van der Waals surface area contributed by atoms with E-state index in [0.29, 0.717) is 12.0 Å². The predicted octanol–water partition coefficient (Wildman–Crippen LogP) is 1.32. The first-order valence-electron chi connectivity index (χ1n) is 5.86. The molecule has 6 heteroatoms. The van der Waals surface area contributed by atoms with Crippen LogP contribution in [0.2, 0.25) is 0 Å². The van der Waals surface area contributed by atoms with Crippen LogP contribution >= 0.6 is 0 Å². The minimum atomic E-state index is -0.449. The van der Waals surface area contributed by atoms with Crippen LogP contribution in [0.15, 0.2) is 30.3 Å². The number of hydrogen-bond donors (Lipinski definition) is 0. The lowest BCUT2D eigenvalue weighted by Gasteiger charge is -2.03. The molecule has 2 aromatic rings. The molecule has 0 spiro atoms. The van der Waals surface area contributed by atoms with Gasteiger partial charge in [-0.25, -0.2) is 4.68 Å². The van der Waals surface area contributed by atoms with Gasteiger partial charge in [-0.1, -0.05) is 35.5 Å². The fourth-order valence-corrected chi connectivity index (χ4v) is 1.68. The maximum Gasteiger partial charge on any atom is 0.327 e. The number of carbonyl (C=O) groups excluding carboxylic acids is 2. The number of benzene rings is 1. The lowest BCUT2D eigenvalue weighted by atomic mass is 10.1. The molecule has 1 heterocycles. The van der Waals surface area contributed by atoms with Crippen molar-refractivity contribution in [1.82, 2.24) is 15.0 Å². The molecule has 0 aliphatic carbocycles. The number of ether oxygens (including phenoxy) is 1. The Bertz CT molecular complexity index is 578. The zero-order chi connectivity index (χ0) is 13.7. The third kappa shape index (κ3) is 2.85. The van der Waals surface area contributed by atoms with Crippen LogP contribution in [0.25, 0.3) is 11.3 Å². The maximum absolute atomic E-state index is 11.4. The van der Waals surface area contributed by atoms with Gasteiger partial charge in [-0.05, 0) is 6.92 Å². The molecular weight excluding hydrogens is 246 g/mol. The molecule has 0 aliphatic rings. The molecule has 1 aromatic heterocycles. The van der Waals surface area contributed by atoms with Crippen molar-refractivity contribution in [2.75, 3.05) is 6.61 Å². The van der Waals surface area contributed by atoms with Crippen molar-refractivity contribution >= 4 is 12.3 Å². The topological polar surface area (TPSA) is 74.1 Å². The van der Waals surface area contributed by atoms with E-state index in [1.54, 1.807) is 6.92 Å². The van der Waals surface area contributed by atoms with Crippen molar-refractivity contribution in [3.8, 4) is 11.3 Å². The van der Waals surface area contributed by atoms with Crippen LogP contribution < -0.4 is 0 Å². The Kier molecular flexibility index (Phi) is 4.02. The van der Waals surface area contributed by atoms with Gasteiger partial charge in [-0.2, -0.15) is 0 Å². The first kappa shape index (κ1) is 12.9. The van der Waals surface area contributed by atoms with Gasteiger partial charge in [0.15, 0.2) is 6.29 Å². The van der Waals surface area contributed by atoms with Crippen LogP contribution in [0.5, 0.6) is 0 Å². The Balaban J connectivity index is 2.31. The molecule has 98 valence electrons. The molecule has 19 heavy (non-hydrogen) atoms. The standard InChI is InChI=1S/C13H13N3O3/c1-2-19-12(18)8-16-11(9-17)13(14-15-16)10-6-4-3-5-7-10/h3-7,9H,2,8H2,1H3. The average molecular weight is 259 g/mol. The molecule has 0 fully saturated rings. The lowest BCUT2D eigenvalue weighted by molar-refractivity contribution is -0.144. The highest BCUT2D eigenvalue weighted by molar-refractivity contribution is 5.84. The smallest absolute Gasteiger partial charge is 0.327 e. The van der Waals surface area contributed by atoms with Crippen molar-refractivity contribution in [2.45, 2.75) is 13.5 Å². The molecule has 6 nitrogen and oxygen atoms in total. The largest absolute Gasteiger partial charge is 0.465 e. The van der Waals surface area contributed by atoms with E-state index in [-0.39, 0.29) is 18.8 Å². The van der Waals surface area contributed by atoms with Crippen LogP contribution in [0.4, 0.5) is 0 Å². The number of aromatic nitrogens is 3. The lowest BCUT2D eigenvalue weighted by Crippen LogP contribution is -2.16. The Morgan fingerprint density at radius 2 is 2.11 bits per heavy atom. The molecule has 0 N–H and O–H groups in total. The Morgan fingerprint density at radius 3 is 2.74 bits per heavy atom. The summed E-state index contributed by atoms with van der Waals surface area (Å²) >= 11 is 0. The van der Waals surface area contributed by atoms with Gasteiger partial charge in [0, 0.05) is 5.56 Å². The summed E-state index contributed by atoms with van der Waals surface area (Å²) in [5.41, 5.74) is 1.50. The minimum absolute atomic E-state index is 0.123. The van der Waals surface area contributed by atoms with E-state index in [4.69, 9.17) is 4.74 Å². The molecule has 0 aliphatic heterocycles. The Morgan fingerprint density at radius 1 is 1.37 bits per heavy atom. The first-order chi connectivity index (χ1) is 9.26. The molecule has 0 saturated carbocycles. The number of aldehydes is 1. The van der Waals surface area contributed by atoms with Crippen molar-refractivity contribution < 1.29 is 14.3 Å². The van der Waals surface area contributed by atoms with Crippen molar-refractivity contribution in [3.05, 3.63) is 36.0 Å². The van der Waals surface area contributed by atoms with E-state index < -0.39 is 5.97 Å². The summed E-state index contributed by atoms with van der Waals surface area (Å²) < 4.78 is 6.06. The molecule has 0 bridgehead atoms. The van der Waals surface area contributed by atoms with E-state index in [2.05, 4.69) is 10.3 Å². The van der Waals surface area contributed by atoms with Crippen molar-refractivity contribution in [3.63, 3.8) is 0 Å². The fraction of sp³-hybridized carbons (Fsp3) is 0.231. The van der Waals surface area contributed by atoms with Gasteiger partial charge < -0.3 is 4.74 Å². The monoisotopic (exact) mass is 259 g/mol. The third-order valence-corrected chi connectivity index (χ3v) is 2.52. The number of hydrogen-bond acceptors (Lipinski definition) is 5. The third-order valence-electron chi connectivity index (χ3n) is 2.52. The molecular formula is C13H13N3O3. The second kappa shape index (κ2) is 5.90. The van der Waals surface area contributed by atoms with Crippen LogP contribution in [-0.2, 0) is 16.1 Å². The summed E-state index contributed by atoms with van der Waals surface area (Å²) in [5.74, 6) is -0.449. The average Bonchev–Trinajstić information content (AvgIpc) is 2.82. The summed E-state index contributed by atoms with van der Waals surface area (Å²) in [6.07, 6.45) is 0.640. The summed E-state index contributed by atoms with van der Waals surface area (Å²) in [7, 11) is 0. The summed E-state index contributed by atoms with van der Waals surface area (Å²) in [4.78, 5) is 22.6. The second-order valence-electron chi connectivity index (χ2n) is 3.77. The number of esters is 1. The highest BCUT2D eigenvalue weighted by Crippen LogP contribution is 2.19.